The number of nitrogens with zero attached hydrogens (tertiary/aromatic N) is 1. The summed E-state index contributed by atoms with van der Waals surface area (Å²) in [6, 6.07) is 16.1. The maximum Gasteiger partial charge on any atom is 0.416 e. The lowest BCUT2D eigenvalue weighted by Gasteiger charge is -2.13. The molecule has 2 heterocycles. The van der Waals surface area contributed by atoms with E-state index in [1.807, 2.05) is 40.3 Å². The van der Waals surface area contributed by atoms with Crippen molar-refractivity contribution in [1.82, 2.24) is 9.88 Å². The van der Waals surface area contributed by atoms with Gasteiger partial charge in [-0.15, -0.1) is 11.3 Å². The van der Waals surface area contributed by atoms with Crippen molar-refractivity contribution in [2.24, 2.45) is 0 Å². The predicted octanol–water partition coefficient (Wildman–Crippen LogP) is 6.49. The highest BCUT2D eigenvalue weighted by atomic mass is 79.9. The summed E-state index contributed by atoms with van der Waals surface area (Å²) in [7, 11) is 0. The highest BCUT2D eigenvalue weighted by Crippen LogP contribution is 2.33. The van der Waals surface area contributed by atoms with Crippen molar-refractivity contribution < 1.29 is 22.7 Å². The average molecular weight is 523 g/mol. The first kappa shape index (κ1) is 22.4. The van der Waals surface area contributed by atoms with Crippen LogP contribution in [0.3, 0.4) is 0 Å². The van der Waals surface area contributed by atoms with Crippen molar-refractivity contribution >= 4 is 43.4 Å². The van der Waals surface area contributed by atoms with Crippen LogP contribution in [0.2, 0.25) is 0 Å². The summed E-state index contributed by atoms with van der Waals surface area (Å²) in [4.78, 5) is 12.9. The number of halogens is 4. The molecule has 166 valence electrons. The van der Waals surface area contributed by atoms with Crippen LogP contribution in [-0.4, -0.2) is 17.1 Å². The fraction of sp³-hybridized carbons (Fsp3) is 0.174. The summed E-state index contributed by atoms with van der Waals surface area (Å²) in [6.07, 6.45) is -4.43. The van der Waals surface area contributed by atoms with Gasteiger partial charge in [-0.2, -0.15) is 13.2 Å². The molecule has 0 aliphatic carbocycles. The molecule has 9 heteroatoms. The molecule has 0 bridgehead atoms. The Bertz CT molecular complexity index is 1240. The lowest BCUT2D eigenvalue weighted by molar-refractivity contribution is -0.137. The summed E-state index contributed by atoms with van der Waals surface area (Å²) in [6.45, 7) is 0.771. The summed E-state index contributed by atoms with van der Waals surface area (Å²) in [5, 5.41) is 4.68. The molecule has 2 aromatic heterocycles. The minimum absolute atomic E-state index is 0.0106. The second kappa shape index (κ2) is 9.38. The normalized spacial score (nSPS) is 11.6. The Morgan fingerprint density at radius 1 is 1.09 bits per heavy atom. The molecule has 0 atom stereocenters. The van der Waals surface area contributed by atoms with Gasteiger partial charge in [0.2, 0.25) is 0 Å². The molecule has 0 unspecified atom stereocenters. The summed E-state index contributed by atoms with van der Waals surface area (Å²) in [5.74, 6) is 0.369. The van der Waals surface area contributed by atoms with Crippen LogP contribution in [0.25, 0.3) is 10.2 Å². The zero-order valence-corrected chi connectivity index (χ0v) is 19.1. The first-order chi connectivity index (χ1) is 15.3. The number of fused-ring (bicyclic) bond motifs is 1. The van der Waals surface area contributed by atoms with Crippen LogP contribution < -0.4 is 10.1 Å². The predicted molar refractivity (Wildman–Crippen MR) is 122 cm³/mol. The summed E-state index contributed by atoms with van der Waals surface area (Å²) >= 11 is 5.03. The van der Waals surface area contributed by atoms with Crippen molar-refractivity contribution in [2.45, 2.75) is 19.3 Å². The van der Waals surface area contributed by atoms with Gasteiger partial charge in [0.25, 0.3) is 5.91 Å². The van der Waals surface area contributed by atoms with Crippen LogP contribution in [0.4, 0.5) is 13.2 Å². The molecule has 4 aromatic rings. The molecular formula is C23H18BrF3N2O2S. The lowest BCUT2D eigenvalue weighted by Crippen LogP contribution is -2.26. The molecule has 1 amide bonds. The van der Waals surface area contributed by atoms with Gasteiger partial charge in [-0.05, 0) is 51.8 Å². The molecule has 0 aliphatic rings. The fourth-order valence-corrected chi connectivity index (χ4v) is 5.05. The smallest absolute Gasteiger partial charge is 0.416 e. The fourth-order valence-electron chi connectivity index (χ4n) is 3.35. The van der Waals surface area contributed by atoms with Gasteiger partial charge in [-0.1, -0.05) is 30.3 Å². The van der Waals surface area contributed by atoms with E-state index in [0.29, 0.717) is 24.4 Å². The monoisotopic (exact) mass is 522 g/mol. The number of thiophene rings is 1. The van der Waals surface area contributed by atoms with E-state index in [0.717, 1.165) is 32.6 Å². The van der Waals surface area contributed by atoms with Gasteiger partial charge in [0.05, 0.1) is 26.8 Å². The quantitative estimate of drug-likeness (QED) is 0.301. The molecule has 4 rings (SSSR count). The van der Waals surface area contributed by atoms with Crippen LogP contribution in [0.1, 0.15) is 21.6 Å². The topological polar surface area (TPSA) is 43.3 Å². The molecule has 32 heavy (non-hydrogen) atoms. The van der Waals surface area contributed by atoms with Gasteiger partial charge in [0.15, 0.2) is 0 Å². The number of aromatic nitrogens is 1. The third-order valence-corrected chi connectivity index (χ3v) is 6.67. The van der Waals surface area contributed by atoms with Crippen LogP contribution in [0.15, 0.2) is 70.5 Å². The van der Waals surface area contributed by atoms with Gasteiger partial charge in [-0.3, -0.25) is 4.79 Å². The third kappa shape index (κ3) is 4.99. The first-order valence-corrected chi connectivity index (χ1v) is 11.4. The molecule has 0 fully saturated rings. The van der Waals surface area contributed by atoms with E-state index in [-0.39, 0.29) is 12.5 Å². The number of hydrogen-bond donors (Lipinski definition) is 1. The van der Waals surface area contributed by atoms with Crippen LogP contribution in [0, 0.1) is 0 Å². The van der Waals surface area contributed by atoms with Crippen LogP contribution in [-0.2, 0) is 19.3 Å². The Morgan fingerprint density at radius 2 is 1.88 bits per heavy atom. The van der Waals surface area contributed by atoms with Crippen LogP contribution >= 0.6 is 27.3 Å². The van der Waals surface area contributed by atoms with Crippen molar-refractivity contribution in [3.63, 3.8) is 0 Å². The molecule has 0 saturated carbocycles. The highest BCUT2D eigenvalue weighted by Gasteiger charge is 2.30. The molecule has 0 saturated heterocycles. The Kier molecular flexibility index (Phi) is 6.57. The zero-order chi connectivity index (χ0) is 22.7. The number of carbonyl (C=O) groups excluding carboxylic acids is 1. The second-order valence-electron chi connectivity index (χ2n) is 7.02. The highest BCUT2D eigenvalue weighted by molar-refractivity contribution is 9.10. The molecule has 1 N–H and O–H groups in total. The Labute approximate surface area is 194 Å². The molecule has 2 aromatic carbocycles. The second-order valence-corrected chi connectivity index (χ2v) is 8.79. The number of nitrogens with one attached hydrogen (secondary N) is 1. The minimum Gasteiger partial charge on any atom is -0.492 e. The molecule has 4 nitrogen and oxygen atoms in total. The van der Waals surface area contributed by atoms with E-state index < -0.39 is 11.7 Å². The standard InChI is InChI=1S/C23H18BrF3N2O2S/c24-18-14-32-20-12-19(29(21(18)20)9-10-31-17-7-2-1-3-8-17)22(30)28-13-15-5-4-6-16(11-15)23(25,26)27/h1-8,11-12,14H,9-10,13H2,(H,28,30). The van der Waals surface area contributed by atoms with Gasteiger partial charge < -0.3 is 14.6 Å². The van der Waals surface area contributed by atoms with Gasteiger partial charge in [0.1, 0.15) is 18.1 Å². The number of para-hydroxylation sites is 1. The van der Waals surface area contributed by atoms with Crippen molar-refractivity contribution in [3.8, 4) is 5.75 Å². The first-order valence-electron chi connectivity index (χ1n) is 9.71. The van der Waals surface area contributed by atoms with Crippen molar-refractivity contribution in [1.29, 1.82) is 0 Å². The summed E-state index contributed by atoms with van der Waals surface area (Å²) in [5.41, 5.74) is 0.948. The van der Waals surface area contributed by atoms with Crippen molar-refractivity contribution in [2.75, 3.05) is 6.61 Å². The van der Waals surface area contributed by atoms with Gasteiger partial charge >= 0.3 is 6.18 Å². The largest absolute Gasteiger partial charge is 0.492 e. The van der Waals surface area contributed by atoms with Crippen molar-refractivity contribution in [3.05, 3.63) is 87.3 Å². The Balaban J connectivity index is 1.50. The number of alkyl halides is 3. The Morgan fingerprint density at radius 3 is 2.62 bits per heavy atom. The van der Waals surface area contributed by atoms with E-state index >= 15 is 0 Å². The van der Waals surface area contributed by atoms with Gasteiger partial charge in [0, 0.05) is 11.9 Å². The average Bonchev–Trinajstić information content (AvgIpc) is 3.32. The zero-order valence-electron chi connectivity index (χ0n) is 16.7. The summed E-state index contributed by atoms with van der Waals surface area (Å²) < 4.78 is 48.3. The van der Waals surface area contributed by atoms with E-state index in [9.17, 15) is 18.0 Å². The molecule has 0 radical (unpaired) electrons. The van der Waals surface area contributed by atoms with Gasteiger partial charge in [-0.25, -0.2) is 0 Å². The SMILES string of the molecule is O=C(NCc1cccc(C(F)(F)F)c1)c1cc2scc(Br)c2n1CCOc1ccccc1. The van der Waals surface area contributed by atoms with E-state index in [2.05, 4.69) is 21.2 Å². The lowest BCUT2D eigenvalue weighted by atomic mass is 10.1. The molecule has 0 spiro atoms. The third-order valence-electron chi connectivity index (χ3n) is 4.84. The van der Waals surface area contributed by atoms with E-state index in [1.54, 1.807) is 12.1 Å². The maximum absolute atomic E-state index is 12.9. The molecule has 0 aliphatic heterocycles. The number of amides is 1. The van der Waals surface area contributed by atoms with E-state index in [1.165, 1.54) is 17.4 Å². The minimum atomic E-state index is -4.43. The van der Waals surface area contributed by atoms with E-state index in [4.69, 9.17) is 4.74 Å². The number of hydrogen-bond acceptors (Lipinski definition) is 3. The number of carbonyl (C=O) groups is 1. The number of benzene rings is 2. The Hall–Kier alpha value is -2.78. The molecular weight excluding hydrogens is 505 g/mol. The van der Waals surface area contributed by atoms with Crippen LogP contribution in [0.5, 0.6) is 5.75 Å². The maximum atomic E-state index is 12.9. The number of ether oxygens (including phenoxy) is 1. The number of rotatable bonds is 7.